The molecule has 1 aliphatic heterocycles. The summed E-state index contributed by atoms with van der Waals surface area (Å²) >= 11 is 0. The van der Waals surface area contributed by atoms with Crippen molar-refractivity contribution in [3.63, 3.8) is 0 Å². The van der Waals surface area contributed by atoms with Crippen molar-refractivity contribution in [2.45, 2.75) is 33.9 Å². The van der Waals surface area contributed by atoms with Gasteiger partial charge in [0.15, 0.2) is 5.96 Å². The van der Waals surface area contributed by atoms with Gasteiger partial charge in [0, 0.05) is 38.4 Å². The number of nitrogens with two attached hydrogens (primary N) is 1. The summed E-state index contributed by atoms with van der Waals surface area (Å²) in [6.45, 7) is 13.9. The second kappa shape index (κ2) is 9.71. The number of likely N-dealkylation sites (N-methyl/N-ethyl adjacent to an activating group) is 1. The van der Waals surface area contributed by atoms with Crippen LogP contribution in [0.3, 0.4) is 0 Å². The minimum atomic E-state index is 0.445. The zero-order chi connectivity index (χ0) is 19.9. The van der Waals surface area contributed by atoms with E-state index < -0.39 is 0 Å². The summed E-state index contributed by atoms with van der Waals surface area (Å²) < 4.78 is 0. The molecule has 0 bridgehead atoms. The summed E-state index contributed by atoms with van der Waals surface area (Å²) in [5, 5.41) is 3.17. The van der Waals surface area contributed by atoms with Gasteiger partial charge in [-0.1, -0.05) is 37.3 Å². The van der Waals surface area contributed by atoms with Crippen molar-refractivity contribution in [2.75, 3.05) is 38.0 Å². The second-order valence-electron chi connectivity index (χ2n) is 7.65. The average molecular weight is 380 g/mol. The van der Waals surface area contributed by atoms with Crippen LogP contribution in [-0.4, -0.2) is 48.5 Å². The molecular weight excluding hydrogens is 346 g/mol. The standard InChI is InChI=1S/C23H33N5/c1-4-27-11-13-28(14-12-27)17-21-8-6-20(7-9-21)16-25-23(24)26-22-10-5-18(2)19(3)15-22/h5-10,15H,4,11-14,16-17H2,1-3H3,(H3,24,25,26). The number of hydrogen-bond donors (Lipinski definition) is 2. The molecule has 0 atom stereocenters. The number of piperazine rings is 1. The van der Waals surface area contributed by atoms with Crippen molar-refractivity contribution < 1.29 is 0 Å². The van der Waals surface area contributed by atoms with Crippen LogP contribution in [0.4, 0.5) is 5.69 Å². The van der Waals surface area contributed by atoms with Gasteiger partial charge in [0.1, 0.15) is 0 Å². The molecule has 0 saturated carbocycles. The lowest BCUT2D eigenvalue weighted by atomic mass is 10.1. The normalized spacial score (nSPS) is 16.3. The molecule has 0 aromatic heterocycles. The van der Waals surface area contributed by atoms with Gasteiger partial charge in [0.05, 0.1) is 6.54 Å². The predicted molar refractivity (Wildman–Crippen MR) is 119 cm³/mol. The Labute approximate surface area is 169 Å². The van der Waals surface area contributed by atoms with Gasteiger partial charge < -0.3 is 16.0 Å². The molecule has 0 radical (unpaired) electrons. The van der Waals surface area contributed by atoms with E-state index in [0.29, 0.717) is 12.5 Å². The molecular formula is C23H33N5. The highest BCUT2D eigenvalue weighted by Gasteiger charge is 2.15. The molecule has 0 aliphatic carbocycles. The lowest BCUT2D eigenvalue weighted by Gasteiger charge is -2.34. The topological polar surface area (TPSA) is 56.9 Å². The van der Waals surface area contributed by atoms with Crippen molar-refractivity contribution in [1.82, 2.24) is 9.80 Å². The Kier molecular flexibility index (Phi) is 7.06. The fourth-order valence-electron chi connectivity index (χ4n) is 3.45. The lowest BCUT2D eigenvalue weighted by Crippen LogP contribution is -2.45. The fraction of sp³-hybridized carbons (Fsp3) is 0.435. The molecule has 28 heavy (non-hydrogen) atoms. The van der Waals surface area contributed by atoms with Crippen LogP contribution in [0.5, 0.6) is 0 Å². The molecule has 5 nitrogen and oxygen atoms in total. The van der Waals surface area contributed by atoms with Crippen molar-refractivity contribution in [2.24, 2.45) is 10.7 Å². The Bertz CT molecular complexity index is 789. The first-order valence-electron chi connectivity index (χ1n) is 10.2. The molecule has 2 aromatic rings. The number of aryl methyl sites for hydroxylation is 2. The Morgan fingerprint density at radius 1 is 0.929 bits per heavy atom. The summed E-state index contributed by atoms with van der Waals surface area (Å²) in [6.07, 6.45) is 0. The minimum absolute atomic E-state index is 0.445. The zero-order valence-electron chi connectivity index (χ0n) is 17.4. The Morgan fingerprint density at radius 2 is 1.57 bits per heavy atom. The van der Waals surface area contributed by atoms with Crippen molar-refractivity contribution >= 4 is 11.6 Å². The van der Waals surface area contributed by atoms with Crippen molar-refractivity contribution in [1.29, 1.82) is 0 Å². The van der Waals surface area contributed by atoms with Gasteiger partial charge in [0.25, 0.3) is 0 Å². The predicted octanol–water partition coefficient (Wildman–Crippen LogP) is 3.37. The fourth-order valence-corrected chi connectivity index (χ4v) is 3.45. The van der Waals surface area contributed by atoms with Crippen LogP contribution in [0.25, 0.3) is 0 Å². The van der Waals surface area contributed by atoms with E-state index in [1.54, 1.807) is 0 Å². The molecule has 2 aromatic carbocycles. The van der Waals surface area contributed by atoms with Crippen LogP contribution in [0.1, 0.15) is 29.2 Å². The van der Waals surface area contributed by atoms with E-state index in [2.05, 4.69) is 77.3 Å². The molecule has 150 valence electrons. The van der Waals surface area contributed by atoms with Gasteiger partial charge in [-0.2, -0.15) is 0 Å². The van der Waals surface area contributed by atoms with Gasteiger partial charge in [-0.25, -0.2) is 4.99 Å². The Balaban J connectivity index is 1.49. The number of aliphatic imine (C=N–C) groups is 1. The molecule has 3 N–H and O–H groups in total. The summed E-state index contributed by atoms with van der Waals surface area (Å²) in [4.78, 5) is 9.51. The molecule has 0 amide bonds. The van der Waals surface area contributed by atoms with E-state index in [9.17, 15) is 0 Å². The van der Waals surface area contributed by atoms with E-state index in [0.717, 1.165) is 31.9 Å². The van der Waals surface area contributed by atoms with Crippen molar-refractivity contribution in [3.8, 4) is 0 Å². The SMILES string of the molecule is CCN1CCN(Cc2ccc(CN=C(N)Nc3ccc(C)c(C)c3)cc2)CC1. The van der Waals surface area contributed by atoms with E-state index in [1.165, 1.54) is 35.3 Å². The molecule has 1 saturated heterocycles. The Hall–Kier alpha value is -2.37. The van der Waals surface area contributed by atoms with E-state index >= 15 is 0 Å². The smallest absolute Gasteiger partial charge is 0.193 e. The maximum absolute atomic E-state index is 6.05. The first kappa shape index (κ1) is 20.4. The molecule has 1 heterocycles. The highest BCUT2D eigenvalue weighted by molar-refractivity contribution is 5.92. The maximum atomic E-state index is 6.05. The van der Waals surface area contributed by atoms with Crippen LogP contribution in [-0.2, 0) is 13.1 Å². The van der Waals surface area contributed by atoms with Crippen LogP contribution in [0.2, 0.25) is 0 Å². The van der Waals surface area contributed by atoms with Gasteiger partial charge in [-0.05, 0) is 54.8 Å². The number of rotatable bonds is 6. The monoisotopic (exact) mass is 379 g/mol. The summed E-state index contributed by atoms with van der Waals surface area (Å²) in [5.74, 6) is 0.445. The second-order valence-corrected chi connectivity index (χ2v) is 7.65. The third-order valence-electron chi connectivity index (χ3n) is 5.55. The van der Waals surface area contributed by atoms with Crippen LogP contribution in [0.15, 0.2) is 47.5 Å². The molecule has 0 spiro atoms. The van der Waals surface area contributed by atoms with Crippen molar-refractivity contribution in [3.05, 3.63) is 64.7 Å². The van der Waals surface area contributed by atoms with Crippen LogP contribution in [0, 0.1) is 13.8 Å². The lowest BCUT2D eigenvalue weighted by molar-refractivity contribution is 0.132. The molecule has 5 heteroatoms. The zero-order valence-corrected chi connectivity index (χ0v) is 17.4. The highest BCUT2D eigenvalue weighted by Crippen LogP contribution is 2.14. The average Bonchev–Trinajstić information content (AvgIpc) is 2.71. The third kappa shape index (κ3) is 5.81. The molecule has 3 rings (SSSR count). The highest BCUT2D eigenvalue weighted by atomic mass is 15.3. The van der Waals surface area contributed by atoms with Crippen LogP contribution >= 0.6 is 0 Å². The number of nitrogens with zero attached hydrogens (tertiary/aromatic N) is 3. The summed E-state index contributed by atoms with van der Waals surface area (Å²) in [5.41, 5.74) is 12.1. The third-order valence-corrected chi connectivity index (χ3v) is 5.55. The van der Waals surface area contributed by atoms with Gasteiger partial charge in [0.2, 0.25) is 0 Å². The van der Waals surface area contributed by atoms with E-state index in [4.69, 9.17) is 5.73 Å². The minimum Gasteiger partial charge on any atom is -0.370 e. The number of hydrogen-bond acceptors (Lipinski definition) is 3. The number of nitrogens with one attached hydrogen (secondary N) is 1. The molecule has 0 unspecified atom stereocenters. The summed E-state index contributed by atoms with van der Waals surface area (Å²) in [7, 11) is 0. The van der Waals surface area contributed by atoms with Gasteiger partial charge >= 0.3 is 0 Å². The van der Waals surface area contributed by atoms with Gasteiger partial charge in [-0.3, -0.25) is 4.90 Å². The van der Waals surface area contributed by atoms with E-state index in [-0.39, 0.29) is 0 Å². The molecule has 1 fully saturated rings. The van der Waals surface area contributed by atoms with E-state index in [1.807, 2.05) is 6.07 Å². The summed E-state index contributed by atoms with van der Waals surface area (Å²) in [6, 6.07) is 14.9. The first-order chi connectivity index (χ1) is 13.5. The number of anilines is 1. The van der Waals surface area contributed by atoms with Gasteiger partial charge in [-0.15, -0.1) is 0 Å². The Morgan fingerprint density at radius 3 is 2.21 bits per heavy atom. The number of guanidine groups is 1. The maximum Gasteiger partial charge on any atom is 0.193 e. The molecule has 1 aliphatic rings. The quantitative estimate of drug-likeness (QED) is 0.597. The van der Waals surface area contributed by atoms with Crippen LogP contribution < -0.4 is 11.1 Å². The largest absolute Gasteiger partial charge is 0.370 e. The number of benzene rings is 2. The first-order valence-corrected chi connectivity index (χ1v) is 10.2.